The Kier molecular flexibility index (Phi) is 31.2. The summed E-state index contributed by atoms with van der Waals surface area (Å²) in [7, 11) is 0. The van der Waals surface area contributed by atoms with Gasteiger partial charge in [0.15, 0.2) is 63.8 Å². The van der Waals surface area contributed by atoms with Gasteiger partial charge in [0, 0.05) is 111 Å². The van der Waals surface area contributed by atoms with Crippen LogP contribution in [-0.4, -0.2) is 119 Å². The van der Waals surface area contributed by atoms with Gasteiger partial charge in [-0.1, -0.05) is 54.6 Å². The van der Waals surface area contributed by atoms with E-state index in [9.17, 15) is 55.6 Å². The fraction of sp³-hybridized carbons (Fsp3) is 0.282. The minimum atomic E-state index is -0.834. The standard InChI is InChI=1S/C29H29F2N3O5.C27H27F2N5O4.C22H19F2N5O2.ClH.I3.I2/c1-5-37-27(35)25-21(15-32)22(17-34(25)19-13-14-33(16-19)28(36)39-29(2,3)4)18-9-11-20(12-10-18)38-26-23(30)7-6-8-24(26)31;1-27(2,3)38-26(36)33-12-11-16(13-33)34-14-18(21-22(34)25(35)32-31-24(21)30)15-7-9-17(10-8-15)37-23-19(28)5-4-6-20(23)29;23-16-2-1-3-17(24)20(16)31-14-6-4-12(5-7-14)15-11-29(13-8-9-26-10-13)19-18(15)21(25)27-28-22(19)30;;1-3-2;1-2/h6-12,17,19H,5,13-14,16H2,1-4H3;4-10,14,16H,11-13H2,1-3H3,(H2,30,31)(H,32,35);1-7,11,13,26H,8-10H2,(H2,25,27)(H,28,30);1H;;/q;;;;-1;/t19-;16-;13-;;;/m111.../s1. The summed E-state index contributed by atoms with van der Waals surface area (Å²) >= 11 is 9.54. The number of nitrogens with two attached hydrogens (primary N) is 2. The molecule has 0 saturated carbocycles. The van der Waals surface area contributed by atoms with Crippen molar-refractivity contribution in [1.29, 1.82) is 5.26 Å². The van der Waals surface area contributed by atoms with Gasteiger partial charge >= 0.3 is 68.6 Å². The van der Waals surface area contributed by atoms with Gasteiger partial charge in [-0.2, -0.15) is 15.5 Å². The van der Waals surface area contributed by atoms with Crippen molar-refractivity contribution in [2.75, 3.05) is 57.3 Å². The Balaban J connectivity index is 0.000000190. The first kappa shape index (κ1) is 89.4. The molecule has 5 aromatic heterocycles. The van der Waals surface area contributed by atoms with E-state index in [1.54, 1.807) is 109 Å². The summed E-state index contributed by atoms with van der Waals surface area (Å²) in [6.07, 6.45) is 6.62. The number of hydrogen-bond acceptors (Lipinski definition) is 17. The molecule has 0 bridgehead atoms. The van der Waals surface area contributed by atoms with E-state index in [0.29, 0.717) is 96.3 Å². The van der Waals surface area contributed by atoms with Gasteiger partial charge < -0.3 is 68.7 Å². The number of halogens is 12. The van der Waals surface area contributed by atoms with Gasteiger partial charge in [-0.05, 0) is 164 Å². The first-order chi connectivity index (χ1) is 54.0. The van der Waals surface area contributed by atoms with Gasteiger partial charge in [0.1, 0.15) is 51.2 Å². The number of rotatable bonds is 14. The number of aromatic amines is 2. The Morgan fingerprint density at radius 1 is 0.553 bits per heavy atom. The first-order valence-electron chi connectivity index (χ1n) is 34.9. The molecule has 0 spiro atoms. The molecule has 24 nitrogen and oxygen atoms in total. The molecule has 11 aromatic rings. The molecule has 3 saturated heterocycles. The molecular weight excluding hydrogens is 2080 g/mol. The summed E-state index contributed by atoms with van der Waals surface area (Å²) in [5.41, 5.74) is 15.3. The van der Waals surface area contributed by atoms with Crippen LogP contribution < -0.4 is 55.4 Å². The van der Waals surface area contributed by atoms with E-state index in [2.05, 4.69) is 106 Å². The topological polar surface area (TPSA) is 307 Å². The largest absolute Gasteiger partial charge is 0.451 e. The van der Waals surface area contributed by atoms with E-state index in [4.69, 9.17) is 39.9 Å². The Morgan fingerprint density at radius 3 is 1.23 bits per heavy atom. The van der Waals surface area contributed by atoms with Crippen LogP contribution >= 0.6 is 86.9 Å². The molecule has 6 aromatic carbocycles. The van der Waals surface area contributed by atoms with Crippen molar-refractivity contribution in [2.45, 2.75) is 97.1 Å². The maximum absolute atomic E-state index is 14.0. The average Bonchev–Trinajstić information content (AvgIpc) is 1.61. The van der Waals surface area contributed by atoms with Crippen molar-refractivity contribution >= 4 is 138 Å². The number of H-pyrrole nitrogens is 2. The number of carbonyl (C=O) groups is 3. The van der Waals surface area contributed by atoms with E-state index in [1.165, 1.54) is 30.3 Å². The molecule has 3 atom stereocenters. The van der Waals surface area contributed by atoms with E-state index < -0.39 is 87.1 Å². The van der Waals surface area contributed by atoms with Crippen LogP contribution in [0.5, 0.6) is 34.5 Å². The molecule has 14 rings (SSSR count). The van der Waals surface area contributed by atoms with Crippen molar-refractivity contribution < 1.29 is 82.4 Å². The van der Waals surface area contributed by atoms with Crippen LogP contribution in [-0.2, 0) is 14.2 Å². The number of nitrogens with zero attached hydrogens (tertiary/aromatic N) is 8. The number of ether oxygens (including phenoxy) is 6. The molecule has 114 heavy (non-hydrogen) atoms. The number of amides is 2. The van der Waals surface area contributed by atoms with Crippen LogP contribution in [0.4, 0.5) is 47.6 Å². The van der Waals surface area contributed by atoms with Gasteiger partial charge in [-0.25, -0.2) is 50.9 Å². The quantitative estimate of drug-likeness (QED) is 0.0292. The van der Waals surface area contributed by atoms with Crippen molar-refractivity contribution in [1.82, 2.24) is 49.2 Å². The minimum absolute atomic E-state index is 0. The Labute approximate surface area is 709 Å². The molecule has 3 fully saturated rings. The second-order valence-electron chi connectivity index (χ2n) is 27.7. The smallest absolute Gasteiger partial charge is 0.288 e. The van der Waals surface area contributed by atoms with Gasteiger partial charge in [0.2, 0.25) is 0 Å². The van der Waals surface area contributed by atoms with Crippen LogP contribution in [0.25, 0.3) is 55.2 Å². The van der Waals surface area contributed by atoms with Crippen molar-refractivity contribution in [3.63, 3.8) is 0 Å². The molecular formula is C78H76ClF6I5N13O11-. The second-order valence-corrected chi connectivity index (χ2v) is 43.9. The van der Waals surface area contributed by atoms with Gasteiger partial charge in [-0.3, -0.25) is 9.59 Å². The Morgan fingerprint density at radius 2 is 0.895 bits per heavy atom. The van der Waals surface area contributed by atoms with Gasteiger partial charge in [-0.15, -0.1) is 12.4 Å². The third kappa shape index (κ3) is 21.3. The van der Waals surface area contributed by atoms with E-state index in [0.717, 1.165) is 67.0 Å². The zero-order valence-electron chi connectivity index (χ0n) is 61.9. The molecule has 7 N–H and O–H groups in total. The molecule has 0 unspecified atom stereocenters. The number of nitrogens with one attached hydrogen (secondary N) is 3. The molecule has 0 radical (unpaired) electrons. The second kappa shape index (κ2) is 39.8. The third-order valence-corrected chi connectivity index (χ3v) is 17.9. The number of hydrogen-bond donors (Lipinski definition) is 5. The van der Waals surface area contributed by atoms with Crippen molar-refractivity contribution in [3.8, 4) is 73.9 Å². The summed E-state index contributed by atoms with van der Waals surface area (Å²) in [5, 5.41) is 27.2. The van der Waals surface area contributed by atoms with Crippen molar-refractivity contribution in [3.05, 3.63) is 213 Å². The number of aromatic nitrogens is 7. The zero-order chi connectivity index (χ0) is 81.8. The number of carbonyl (C=O) groups excluding carboxylic acids is 3. The van der Waals surface area contributed by atoms with E-state index in [-0.39, 0.29) is 82.8 Å². The molecule has 3 aliphatic rings. The average molecular weight is 2160 g/mol. The summed E-state index contributed by atoms with van der Waals surface area (Å²) in [5.74, 6) is -5.91. The normalized spacial score (nSPS) is 15.0. The number of fused-ring (bicyclic) bond motifs is 2. The van der Waals surface area contributed by atoms with Crippen LogP contribution in [0.2, 0.25) is 0 Å². The fourth-order valence-electron chi connectivity index (χ4n) is 13.0. The number of nitriles is 1. The fourth-order valence-corrected chi connectivity index (χ4v) is 13.0. The molecule has 0 aliphatic carbocycles. The number of likely N-dealkylation sites (tertiary alicyclic amines) is 2. The molecule has 8 heterocycles. The minimum Gasteiger partial charge on any atom is -0.451 e. The summed E-state index contributed by atoms with van der Waals surface area (Å²) in [6.45, 7) is 15.8. The summed E-state index contributed by atoms with van der Waals surface area (Å²) < 4.78 is 122. The predicted octanol–water partition coefficient (Wildman–Crippen LogP) is 16.2. The Bertz CT molecular complexity index is 5360. The Hall–Kier alpha value is -8.58. The maximum atomic E-state index is 14.0. The zero-order valence-corrected chi connectivity index (χ0v) is 73.6. The van der Waals surface area contributed by atoms with Gasteiger partial charge in [0.05, 0.1) is 35.0 Å². The van der Waals surface area contributed by atoms with Crippen LogP contribution in [0, 0.1) is 46.2 Å². The number of esters is 1. The summed E-state index contributed by atoms with van der Waals surface area (Å²) in [4.78, 5) is 66.8. The maximum Gasteiger partial charge on any atom is 0.288 e. The number of para-hydroxylation sites is 3. The number of nitrogen functional groups attached to an aromatic ring is 2. The SMILES string of the molecule is CC(C)(C)OC(=O)N1CC[C@@H](n2cc(-c3ccc(Oc4c(F)cccc4F)cc3)c3c(N)n[nH]c(=O)c32)C1.CCOC(=O)c1c(C#N)c(-c2ccc(Oc3c(F)cccc3F)cc2)cn1[C@@H]1CCN(C(=O)OC(C)(C)C)C1.Cl.II.I[I-]I.Nc1n[nH]c(=O)c2c1c(-c1ccc(Oc3c(F)cccc3F)cc1)cn2[C@@H]1CCNC1. The van der Waals surface area contributed by atoms with Crippen LogP contribution in [0.15, 0.2) is 156 Å². The molecule has 2 amide bonds. The molecule has 604 valence electrons. The number of benzene rings is 6. The number of anilines is 2. The van der Waals surface area contributed by atoms with Gasteiger partial charge in [0.25, 0.3) is 11.1 Å². The molecule has 3 aliphatic heterocycles. The van der Waals surface area contributed by atoms with Crippen LogP contribution in [0.1, 0.15) is 102 Å². The predicted molar refractivity (Wildman–Crippen MR) is 453 cm³/mol. The third-order valence-electron chi connectivity index (χ3n) is 17.9. The van der Waals surface area contributed by atoms with Crippen LogP contribution in [0.3, 0.4) is 0 Å². The van der Waals surface area contributed by atoms with Crippen molar-refractivity contribution in [2.24, 2.45) is 0 Å². The summed E-state index contributed by atoms with van der Waals surface area (Å²) in [6, 6.07) is 31.8. The molecule has 36 heteroatoms. The first-order valence-corrected chi connectivity index (χ1v) is 53.8. The van der Waals surface area contributed by atoms with E-state index in [1.807, 2.05) is 42.3 Å². The van der Waals surface area contributed by atoms with E-state index >= 15 is 0 Å². The monoisotopic (exact) mass is 2150 g/mol.